The van der Waals surface area contributed by atoms with E-state index in [0.29, 0.717) is 18.9 Å². The van der Waals surface area contributed by atoms with E-state index in [1.807, 2.05) is 34.8 Å². The fourth-order valence-electron chi connectivity index (χ4n) is 1.60. The molecule has 0 unspecified atom stereocenters. The van der Waals surface area contributed by atoms with Crippen LogP contribution in [0.4, 0.5) is 0 Å². The Morgan fingerprint density at radius 3 is 3.12 bits per heavy atom. The molecule has 0 aliphatic carbocycles. The molecule has 6 heteroatoms. The third kappa shape index (κ3) is 3.01. The first kappa shape index (κ1) is 11.5. The van der Waals surface area contributed by atoms with Gasteiger partial charge in [-0.2, -0.15) is 0 Å². The van der Waals surface area contributed by atoms with E-state index in [1.54, 1.807) is 6.20 Å². The average molecular weight is 234 g/mol. The SMILES string of the molecule is CN(CCC(=O)O)Cc1cn2cccnc2n1. The number of carboxylic acid groups (broad SMARTS) is 1. The van der Waals surface area contributed by atoms with Crippen LogP contribution >= 0.6 is 0 Å². The third-order valence-electron chi connectivity index (χ3n) is 2.42. The lowest BCUT2D eigenvalue weighted by molar-refractivity contribution is -0.137. The highest BCUT2D eigenvalue weighted by atomic mass is 16.4. The van der Waals surface area contributed by atoms with E-state index in [4.69, 9.17) is 5.11 Å². The van der Waals surface area contributed by atoms with Gasteiger partial charge in [-0.25, -0.2) is 9.97 Å². The maximum Gasteiger partial charge on any atom is 0.304 e. The van der Waals surface area contributed by atoms with Crippen molar-refractivity contribution >= 4 is 11.7 Å². The summed E-state index contributed by atoms with van der Waals surface area (Å²) in [6.45, 7) is 1.13. The summed E-state index contributed by atoms with van der Waals surface area (Å²) in [7, 11) is 1.88. The highest BCUT2D eigenvalue weighted by molar-refractivity contribution is 5.66. The van der Waals surface area contributed by atoms with Crippen LogP contribution in [0.3, 0.4) is 0 Å². The van der Waals surface area contributed by atoms with Gasteiger partial charge in [-0.1, -0.05) is 0 Å². The second-order valence-electron chi connectivity index (χ2n) is 3.94. The molecule has 0 atom stereocenters. The summed E-state index contributed by atoms with van der Waals surface area (Å²) in [5.41, 5.74) is 0.886. The number of rotatable bonds is 5. The number of fused-ring (bicyclic) bond motifs is 1. The Morgan fingerprint density at radius 1 is 1.59 bits per heavy atom. The zero-order valence-corrected chi connectivity index (χ0v) is 9.58. The lowest BCUT2D eigenvalue weighted by Crippen LogP contribution is -2.21. The van der Waals surface area contributed by atoms with Crippen LogP contribution in [0, 0.1) is 0 Å². The molecule has 0 fully saturated rings. The van der Waals surface area contributed by atoms with Gasteiger partial charge < -0.3 is 5.11 Å². The topological polar surface area (TPSA) is 70.7 Å². The average Bonchev–Trinajstić information content (AvgIpc) is 2.68. The first-order valence-electron chi connectivity index (χ1n) is 5.34. The fraction of sp³-hybridized carbons (Fsp3) is 0.364. The maximum absolute atomic E-state index is 10.4. The monoisotopic (exact) mass is 234 g/mol. The minimum atomic E-state index is -0.784. The largest absolute Gasteiger partial charge is 0.481 e. The molecule has 0 spiro atoms. The molecule has 0 aromatic carbocycles. The van der Waals surface area contributed by atoms with Crippen molar-refractivity contribution in [3.8, 4) is 0 Å². The van der Waals surface area contributed by atoms with Gasteiger partial charge in [0.05, 0.1) is 12.1 Å². The predicted molar refractivity (Wildman–Crippen MR) is 61.6 cm³/mol. The van der Waals surface area contributed by atoms with E-state index in [9.17, 15) is 4.79 Å². The molecule has 0 amide bonds. The van der Waals surface area contributed by atoms with Crippen LogP contribution in [0.2, 0.25) is 0 Å². The molecule has 6 nitrogen and oxygen atoms in total. The summed E-state index contributed by atoms with van der Waals surface area (Å²) in [5.74, 6) is -0.123. The van der Waals surface area contributed by atoms with E-state index in [2.05, 4.69) is 9.97 Å². The molecule has 0 radical (unpaired) electrons. The lowest BCUT2D eigenvalue weighted by Gasteiger charge is -2.12. The summed E-state index contributed by atoms with van der Waals surface area (Å²) in [6.07, 6.45) is 5.62. The molecule has 0 saturated carbocycles. The number of aliphatic carboxylic acids is 1. The number of hydrogen-bond donors (Lipinski definition) is 1. The van der Waals surface area contributed by atoms with E-state index < -0.39 is 5.97 Å². The number of aromatic nitrogens is 3. The van der Waals surface area contributed by atoms with Gasteiger partial charge in [0.25, 0.3) is 0 Å². The van der Waals surface area contributed by atoms with Crippen molar-refractivity contribution in [2.75, 3.05) is 13.6 Å². The summed E-state index contributed by atoms with van der Waals surface area (Å²) in [6, 6.07) is 1.84. The van der Waals surface area contributed by atoms with Crippen molar-refractivity contribution in [2.45, 2.75) is 13.0 Å². The van der Waals surface area contributed by atoms with Gasteiger partial charge in [0.2, 0.25) is 5.78 Å². The first-order chi connectivity index (χ1) is 8.15. The van der Waals surface area contributed by atoms with Crippen LogP contribution < -0.4 is 0 Å². The van der Waals surface area contributed by atoms with Crippen molar-refractivity contribution in [1.29, 1.82) is 0 Å². The van der Waals surface area contributed by atoms with Crippen molar-refractivity contribution in [3.05, 3.63) is 30.4 Å². The number of carbonyl (C=O) groups is 1. The van der Waals surface area contributed by atoms with Crippen LogP contribution in [0.5, 0.6) is 0 Å². The van der Waals surface area contributed by atoms with Crippen LogP contribution in [-0.4, -0.2) is 43.9 Å². The van der Waals surface area contributed by atoms with E-state index in [0.717, 1.165) is 5.69 Å². The van der Waals surface area contributed by atoms with Gasteiger partial charge in [0.15, 0.2) is 0 Å². The summed E-state index contributed by atoms with van der Waals surface area (Å²) >= 11 is 0. The van der Waals surface area contributed by atoms with Crippen molar-refractivity contribution in [2.24, 2.45) is 0 Å². The number of imidazole rings is 1. The van der Waals surface area contributed by atoms with Crippen molar-refractivity contribution in [1.82, 2.24) is 19.3 Å². The Labute approximate surface area is 98.5 Å². The van der Waals surface area contributed by atoms with Crippen LogP contribution in [0.1, 0.15) is 12.1 Å². The summed E-state index contributed by atoms with van der Waals surface area (Å²) < 4.78 is 1.85. The Hall–Kier alpha value is -1.95. The first-order valence-corrected chi connectivity index (χ1v) is 5.34. The Kier molecular flexibility index (Phi) is 3.34. The molecule has 0 aliphatic heterocycles. The third-order valence-corrected chi connectivity index (χ3v) is 2.42. The number of carboxylic acids is 1. The van der Waals surface area contributed by atoms with Crippen LogP contribution in [0.25, 0.3) is 5.78 Å². The molecule has 2 heterocycles. The zero-order chi connectivity index (χ0) is 12.3. The molecule has 2 rings (SSSR count). The second kappa shape index (κ2) is 4.92. The van der Waals surface area contributed by atoms with E-state index >= 15 is 0 Å². The summed E-state index contributed by atoms with van der Waals surface area (Å²) in [5, 5.41) is 8.59. The van der Waals surface area contributed by atoms with Crippen molar-refractivity contribution < 1.29 is 9.90 Å². The summed E-state index contributed by atoms with van der Waals surface area (Å²) in [4.78, 5) is 20.8. The quantitative estimate of drug-likeness (QED) is 0.821. The highest BCUT2D eigenvalue weighted by Crippen LogP contribution is 2.04. The number of nitrogens with zero attached hydrogens (tertiary/aromatic N) is 4. The van der Waals surface area contributed by atoms with E-state index in [1.165, 1.54) is 0 Å². The van der Waals surface area contributed by atoms with Gasteiger partial charge in [0.1, 0.15) is 0 Å². The van der Waals surface area contributed by atoms with Crippen molar-refractivity contribution in [3.63, 3.8) is 0 Å². The normalized spacial score (nSPS) is 11.2. The van der Waals surface area contributed by atoms with Crippen LogP contribution in [0.15, 0.2) is 24.7 Å². The molecule has 2 aromatic heterocycles. The van der Waals surface area contributed by atoms with Gasteiger partial charge in [-0.05, 0) is 13.1 Å². The smallest absolute Gasteiger partial charge is 0.304 e. The van der Waals surface area contributed by atoms with Gasteiger partial charge in [0, 0.05) is 31.7 Å². The second-order valence-corrected chi connectivity index (χ2v) is 3.94. The van der Waals surface area contributed by atoms with Gasteiger partial charge >= 0.3 is 5.97 Å². The molecule has 2 aromatic rings. The molecular weight excluding hydrogens is 220 g/mol. The fourth-order valence-corrected chi connectivity index (χ4v) is 1.60. The molecule has 17 heavy (non-hydrogen) atoms. The minimum absolute atomic E-state index is 0.141. The molecule has 0 bridgehead atoms. The van der Waals surface area contributed by atoms with Crippen LogP contribution in [-0.2, 0) is 11.3 Å². The zero-order valence-electron chi connectivity index (χ0n) is 9.58. The molecular formula is C11H14N4O2. The minimum Gasteiger partial charge on any atom is -0.481 e. The van der Waals surface area contributed by atoms with Gasteiger partial charge in [-0.3, -0.25) is 14.1 Å². The predicted octanol–water partition coefficient (Wildman–Crippen LogP) is 0.636. The Bertz CT molecular complexity index is 490. The Morgan fingerprint density at radius 2 is 2.41 bits per heavy atom. The highest BCUT2D eigenvalue weighted by Gasteiger charge is 2.07. The lowest BCUT2D eigenvalue weighted by atomic mass is 10.3. The molecule has 1 N–H and O–H groups in total. The molecule has 90 valence electrons. The van der Waals surface area contributed by atoms with Gasteiger partial charge in [-0.15, -0.1) is 0 Å². The Balaban J connectivity index is 2.00. The molecule has 0 saturated heterocycles. The maximum atomic E-state index is 10.4. The number of hydrogen-bond acceptors (Lipinski definition) is 4. The molecule has 0 aliphatic rings. The van der Waals surface area contributed by atoms with E-state index in [-0.39, 0.29) is 6.42 Å². The standard InChI is InChI=1S/C11H14N4O2/c1-14(6-3-10(16)17)7-9-8-15-5-2-4-12-11(15)13-9/h2,4-5,8H,3,6-7H2,1H3,(H,16,17).